The van der Waals surface area contributed by atoms with Crippen LogP contribution in [0.1, 0.15) is 23.3 Å². The van der Waals surface area contributed by atoms with Crippen molar-refractivity contribution in [3.63, 3.8) is 0 Å². The number of aliphatic hydroxyl groups is 1. The monoisotopic (exact) mass is 396 g/mol. The number of carbonyl (C=O) groups is 1. The number of carboxylic acid groups (broad SMARTS) is 1. The summed E-state index contributed by atoms with van der Waals surface area (Å²) in [5.74, 6) is -0.585. The van der Waals surface area contributed by atoms with Gasteiger partial charge in [-0.2, -0.15) is 0 Å². The van der Waals surface area contributed by atoms with Crippen LogP contribution in [0.4, 0.5) is 11.4 Å². The van der Waals surface area contributed by atoms with Gasteiger partial charge in [-0.25, -0.2) is 4.79 Å². The fourth-order valence-corrected chi connectivity index (χ4v) is 1.97. The number of hydrogen-bond acceptors (Lipinski definition) is 8. The van der Waals surface area contributed by atoms with Crippen LogP contribution in [-0.2, 0) is 6.61 Å². The van der Waals surface area contributed by atoms with E-state index in [2.05, 4.69) is 0 Å². The van der Waals surface area contributed by atoms with Crippen LogP contribution in [-0.4, -0.2) is 40.2 Å². The molecule has 0 fully saturated rings. The minimum atomic E-state index is -1.35. The molecule has 0 saturated carbocycles. The van der Waals surface area contributed by atoms with Crippen LogP contribution in [0.5, 0.6) is 11.5 Å². The lowest BCUT2D eigenvalue weighted by Gasteiger charge is -2.02. The third kappa shape index (κ3) is 6.21. The standard InChI is InChI=1S/C8H7NO5.C8H9NO4.CH4/c1-14-5-2-3-7(9(12)13)6(4-5)8(10)11;1-13-7-2-3-8(9(11)12)6(4-7)5-10;/h2-4H,1H3,(H,10,11);2-4,10H,5H2,1H3;1H4. The van der Waals surface area contributed by atoms with E-state index in [4.69, 9.17) is 19.7 Å². The van der Waals surface area contributed by atoms with Crippen molar-refractivity contribution >= 4 is 17.3 Å². The molecule has 0 aliphatic heterocycles. The minimum Gasteiger partial charge on any atom is -0.497 e. The molecule has 2 N–H and O–H groups in total. The lowest BCUT2D eigenvalue weighted by atomic mass is 10.2. The molecule has 0 spiro atoms. The smallest absolute Gasteiger partial charge is 0.342 e. The summed E-state index contributed by atoms with van der Waals surface area (Å²) in [7, 11) is 2.81. The Morgan fingerprint density at radius 2 is 1.43 bits per heavy atom. The van der Waals surface area contributed by atoms with Gasteiger partial charge in [0.05, 0.1) is 36.2 Å². The second-order valence-electron chi connectivity index (χ2n) is 4.86. The third-order valence-corrected chi connectivity index (χ3v) is 3.28. The molecular formula is C17H20N2O9. The highest BCUT2D eigenvalue weighted by molar-refractivity contribution is 5.92. The first-order valence-corrected chi connectivity index (χ1v) is 7.23. The van der Waals surface area contributed by atoms with Crippen molar-refractivity contribution < 1.29 is 34.3 Å². The summed E-state index contributed by atoms with van der Waals surface area (Å²) in [5.41, 5.74) is -0.666. The molecule has 2 aromatic rings. The van der Waals surface area contributed by atoms with Crippen molar-refractivity contribution in [1.82, 2.24) is 0 Å². The largest absolute Gasteiger partial charge is 0.497 e. The molecule has 0 bridgehead atoms. The van der Waals surface area contributed by atoms with E-state index in [9.17, 15) is 25.0 Å². The van der Waals surface area contributed by atoms with Crippen molar-refractivity contribution in [1.29, 1.82) is 0 Å². The van der Waals surface area contributed by atoms with Crippen LogP contribution in [0.15, 0.2) is 36.4 Å². The molecule has 152 valence electrons. The Balaban J connectivity index is 0.000000504. The summed E-state index contributed by atoms with van der Waals surface area (Å²) >= 11 is 0. The molecule has 0 amide bonds. The van der Waals surface area contributed by atoms with Gasteiger partial charge in [-0.3, -0.25) is 20.2 Å². The highest BCUT2D eigenvalue weighted by atomic mass is 16.6. The Kier molecular flexibility index (Phi) is 9.61. The Bertz CT molecular complexity index is 853. The van der Waals surface area contributed by atoms with Crippen molar-refractivity contribution in [2.24, 2.45) is 0 Å². The number of methoxy groups -OCH3 is 2. The van der Waals surface area contributed by atoms with Crippen LogP contribution in [0.2, 0.25) is 0 Å². The van der Waals surface area contributed by atoms with Gasteiger partial charge in [-0.05, 0) is 18.2 Å². The Morgan fingerprint density at radius 1 is 0.964 bits per heavy atom. The SMILES string of the molecule is C.COc1ccc([N+](=O)[O-])c(C(=O)O)c1.COc1ccc([N+](=O)[O-])c(CO)c1. The van der Waals surface area contributed by atoms with Crippen LogP contribution >= 0.6 is 0 Å². The van der Waals surface area contributed by atoms with Crippen LogP contribution in [0.25, 0.3) is 0 Å². The summed E-state index contributed by atoms with van der Waals surface area (Å²) in [6.45, 7) is -0.368. The van der Waals surface area contributed by atoms with Crippen molar-refractivity contribution in [2.75, 3.05) is 14.2 Å². The van der Waals surface area contributed by atoms with Gasteiger partial charge < -0.3 is 19.7 Å². The number of nitro groups is 2. The van der Waals surface area contributed by atoms with Gasteiger partial charge in [0, 0.05) is 18.2 Å². The molecule has 0 radical (unpaired) electrons. The highest BCUT2D eigenvalue weighted by Gasteiger charge is 2.20. The molecule has 11 heteroatoms. The molecule has 0 aliphatic carbocycles. The zero-order chi connectivity index (χ0) is 20.6. The summed E-state index contributed by atoms with van der Waals surface area (Å²) in [5, 5.41) is 38.4. The van der Waals surface area contributed by atoms with E-state index >= 15 is 0 Å². The maximum absolute atomic E-state index is 10.6. The summed E-state index contributed by atoms with van der Waals surface area (Å²) < 4.78 is 9.61. The van der Waals surface area contributed by atoms with Gasteiger partial charge in [0.1, 0.15) is 17.1 Å². The predicted octanol–water partition coefficient (Wildman–Crippen LogP) is 3.03. The zero-order valence-electron chi connectivity index (χ0n) is 14.3. The molecule has 11 nitrogen and oxygen atoms in total. The molecule has 0 heterocycles. The molecule has 0 unspecified atom stereocenters. The fourth-order valence-electron chi connectivity index (χ4n) is 1.97. The number of rotatable bonds is 6. The first kappa shape index (κ1) is 24.3. The number of benzene rings is 2. The molecule has 0 aromatic heterocycles. The number of nitrogens with zero attached hydrogens (tertiary/aromatic N) is 2. The number of hydrogen-bond donors (Lipinski definition) is 2. The molecule has 0 aliphatic rings. The predicted molar refractivity (Wildman–Crippen MR) is 98.9 cm³/mol. The number of carboxylic acids is 1. The maximum atomic E-state index is 10.6. The lowest BCUT2D eigenvalue weighted by molar-refractivity contribution is -0.385. The summed E-state index contributed by atoms with van der Waals surface area (Å²) in [6.07, 6.45) is 0. The van der Waals surface area contributed by atoms with Crippen LogP contribution in [0.3, 0.4) is 0 Å². The zero-order valence-corrected chi connectivity index (χ0v) is 14.3. The normalized spacial score (nSPS) is 9.25. The van der Waals surface area contributed by atoms with E-state index in [0.717, 1.165) is 12.1 Å². The van der Waals surface area contributed by atoms with Gasteiger partial charge >= 0.3 is 5.97 Å². The first-order valence-electron chi connectivity index (χ1n) is 7.23. The number of aliphatic hydroxyl groups excluding tert-OH is 1. The second-order valence-corrected chi connectivity index (χ2v) is 4.86. The Hall–Kier alpha value is -3.73. The van der Waals surface area contributed by atoms with E-state index < -0.39 is 21.5 Å². The third-order valence-electron chi connectivity index (χ3n) is 3.28. The lowest BCUT2D eigenvalue weighted by Crippen LogP contribution is -2.02. The van der Waals surface area contributed by atoms with Crippen molar-refractivity contribution in [3.05, 3.63) is 67.8 Å². The number of ether oxygens (including phenoxy) is 2. The summed E-state index contributed by atoms with van der Waals surface area (Å²) in [4.78, 5) is 30.2. The molecule has 2 aromatic carbocycles. The van der Waals surface area contributed by atoms with Gasteiger partial charge in [0.25, 0.3) is 11.4 Å². The molecule has 0 saturated heterocycles. The van der Waals surface area contributed by atoms with E-state index in [1.807, 2.05) is 0 Å². The van der Waals surface area contributed by atoms with Gasteiger partial charge in [0.2, 0.25) is 0 Å². The molecule has 2 rings (SSSR count). The van der Waals surface area contributed by atoms with E-state index in [1.165, 1.54) is 38.5 Å². The van der Waals surface area contributed by atoms with Gasteiger partial charge in [-0.15, -0.1) is 0 Å². The van der Waals surface area contributed by atoms with E-state index in [1.54, 1.807) is 0 Å². The first-order chi connectivity index (χ1) is 12.7. The van der Waals surface area contributed by atoms with Crippen LogP contribution in [0, 0.1) is 20.2 Å². The topological polar surface area (TPSA) is 162 Å². The molecule has 0 atom stereocenters. The highest BCUT2D eigenvalue weighted by Crippen LogP contribution is 2.24. The maximum Gasteiger partial charge on any atom is 0.342 e. The minimum absolute atomic E-state index is 0. The fraction of sp³-hybridized carbons (Fsp3) is 0.235. The van der Waals surface area contributed by atoms with Gasteiger partial charge in [0.15, 0.2) is 0 Å². The average Bonchev–Trinajstić information content (AvgIpc) is 2.66. The molecular weight excluding hydrogens is 376 g/mol. The second kappa shape index (κ2) is 11.1. The van der Waals surface area contributed by atoms with Crippen molar-refractivity contribution in [3.8, 4) is 11.5 Å². The number of nitro benzene ring substituents is 2. The van der Waals surface area contributed by atoms with E-state index in [-0.39, 0.29) is 36.6 Å². The Morgan fingerprint density at radius 3 is 1.82 bits per heavy atom. The van der Waals surface area contributed by atoms with Crippen LogP contribution < -0.4 is 9.47 Å². The summed E-state index contributed by atoms with van der Waals surface area (Å²) in [6, 6.07) is 7.78. The quantitative estimate of drug-likeness (QED) is 0.552. The average molecular weight is 396 g/mol. The number of aromatic carboxylic acids is 1. The Labute approximate surface area is 160 Å². The molecule has 28 heavy (non-hydrogen) atoms. The van der Waals surface area contributed by atoms with Gasteiger partial charge in [-0.1, -0.05) is 7.43 Å². The van der Waals surface area contributed by atoms with Crippen molar-refractivity contribution in [2.45, 2.75) is 14.0 Å². The van der Waals surface area contributed by atoms with E-state index in [0.29, 0.717) is 5.75 Å².